The molecule has 0 atom stereocenters. The first-order valence-electron chi connectivity index (χ1n) is 6.28. The first-order chi connectivity index (χ1) is 10.1. The number of urea groups is 1. The Hall–Kier alpha value is -2.47. The van der Waals surface area contributed by atoms with Crippen molar-refractivity contribution in [3.05, 3.63) is 65.2 Å². The number of carbonyl (C=O) groups is 1. The standard InChI is InChI=1S/C15H14F2N2O2/c16-12-6-3-7-13(14(12)17)19-15(21)18-8-10-4-1-2-5-11(10)9-20/h1-7,20H,8-9H2,(H2,18,19,21). The monoisotopic (exact) mass is 292 g/mol. The first kappa shape index (κ1) is 14.9. The van der Waals surface area contributed by atoms with Crippen LogP contribution in [0.25, 0.3) is 0 Å². The van der Waals surface area contributed by atoms with Gasteiger partial charge in [0.2, 0.25) is 0 Å². The zero-order valence-electron chi connectivity index (χ0n) is 11.1. The maximum Gasteiger partial charge on any atom is 0.319 e. The van der Waals surface area contributed by atoms with Crippen LogP contribution in [0.15, 0.2) is 42.5 Å². The largest absolute Gasteiger partial charge is 0.392 e. The third kappa shape index (κ3) is 3.76. The summed E-state index contributed by atoms with van der Waals surface area (Å²) in [5.41, 5.74) is 1.20. The molecule has 0 saturated carbocycles. The second kappa shape index (κ2) is 6.81. The van der Waals surface area contributed by atoms with Crippen molar-refractivity contribution < 1.29 is 18.7 Å². The highest BCUT2D eigenvalue weighted by atomic mass is 19.2. The van der Waals surface area contributed by atoms with Gasteiger partial charge in [0.1, 0.15) is 0 Å². The van der Waals surface area contributed by atoms with Crippen LogP contribution in [-0.4, -0.2) is 11.1 Å². The Morgan fingerprint density at radius 2 is 1.76 bits per heavy atom. The number of halogens is 2. The van der Waals surface area contributed by atoms with E-state index in [0.717, 1.165) is 11.6 Å². The molecule has 0 aliphatic heterocycles. The summed E-state index contributed by atoms with van der Waals surface area (Å²) >= 11 is 0. The molecule has 0 fully saturated rings. The molecule has 0 bridgehead atoms. The molecule has 0 unspecified atom stereocenters. The quantitative estimate of drug-likeness (QED) is 0.811. The Bertz CT molecular complexity index is 647. The van der Waals surface area contributed by atoms with Gasteiger partial charge in [0.25, 0.3) is 0 Å². The fraction of sp³-hybridized carbons (Fsp3) is 0.133. The van der Waals surface area contributed by atoms with Crippen LogP contribution < -0.4 is 10.6 Å². The fourth-order valence-electron chi connectivity index (χ4n) is 1.83. The molecule has 2 rings (SSSR count). The molecule has 2 amide bonds. The van der Waals surface area contributed by atoms with E-state index in [0.29, 0.717) is 5.56 Å². The summed E-state index contributed by atoms with van der Waals surface area (Å²) in [6, 6.07) is 9.92. The second-order valence-corrected chi connectivity index (χ2v) is 4.34. The number of amides is 2. The minimum atomic E-state index is -1.11. The summed E-state index contributed by atoms with van der Waals surface area (Å²) in [6.07, 6.45) is 0. The van der Waals surface area contributed by atoms with Crippen molar-refractivity contribution in [2.24, 2.45) is 0 Å². The minimum Gasteiger partial charge on any atom is -0.392 e. The van der Waals surface area contributed by atoms with Gasteiger partial charge in [0.15, 0.2) is 11.6 Å². The van der Waals surface area contributed by atoms with E-state index in [-0.39, 0.29) is 18.8 Å². The lowest BCUT2D eigenvalue weighted by Gasteiger charge is -2.10. The lowest BCUT2D eigenvalue weighted by Crippen LogP contribution is -2.29. The zero-order valence-corrected chi connectivity index (χ0v) is 11.1. The van der Waals surface area contributed by atoms with E-state index in [1.807, 2.05) is 0 Å². The number of carbonyl (C=O) groups excluding carboxylic acids is 1. The highest BCUT2D eigenvalue weighted by Crippen LogP contribution is 2.16. The highest BCUT2D eigenvalue weighted by molar-refractivity contribution is 5.89. The fourth-order valence-corrected chi connectivity index (χ4v) is 1.83. The van der Waals surface area contributed by atoms with Gasteiger partial charge < -0.3 is 15.7 Å². The van der Waals surface area contributed by atoms with Gasteiger partial charge in [-0.3, -0.25) is 0 Å². The zero-order chi connectivity index (χ0) is 15.2. The molecule has 2 aromatic carbocycles. The van der Waals surface area contributed by atoms with Crippen LogP contribution in [0, 0.1) is 11.6 Å². The first-order valence-corrected chi connectivity index (χ1v) is 6.28. The van der Waals surface area contributed by atoms with Crippen LogP contribution in [0.1, 0.15) is 11.1 Å². The van der Waals surface area contributed by atoms with E-state index in [4.69, 9.17) is 5.11 Å². The third-order valence-corrected chi connectivity index (χ3v) is 2.93. The molecular formula is C15H14F2N2O2. The average Bonchev–Trinajstić information content (AvgIpc) is 2.50. The second-order valence-electron chi connectivity index (χ2n) is 4.34. The van der Waals surface area contributed by atoms with Gasteiger partial charge in [-0.05, 0) is 23.3 Å². The SMILES string of the molecule is O=C(NCc1ccccc1CO)Nc1cccc(F)c1F. The normalized spacial score (nSPS) is 10.2. The smallest absolute Gasteiger partial charge is 0.319 e. The molecule has 0 radical (unpaired) electrons. The summed E-state index contributed by atoms with van der Waals surface area (Å²) in [5, 5.41) is 13.9. The van der Waals surface area contributed by atoms with Crippen molar-refractivity contribution in [3.63, 3.8) is 0 Å². The van der Waals surface area contributed by atoms with Crippen molar-refractivity contribution in [3.8, 4) is 0 Å². The molecule has 4 nitrogen and oxygen atoms in total. The van der Waals surface area contributed by atoms with Gasteiger partial charge in [-0.2, -0.15) is 0 Å². The number of aliphatic hydroxyl groups is 1. The molecule has 0 aliphatic carbocycles. The lowest BCUT2D eigenvalue weighted by molar-refractivity contribution is 0.251. The van der Waals surface area contributed by atoms with E-state index in [1.165, 1.54) is 12.1 Å². The maximum atomic E-state index is 13.4. The Labute approximate surface area is 120 Å². The van der Waals surface area contributed by atoms with Crippen molar-refractivity contribution in [2.75, 3.05) is 5.32 Å². The van der Waals surface area contributed by atoms with Gasteiger partial charge in [-0.1, -0.05) is 30.3 Å². The lowest BCUT2D eigenvalue weighted by atomic mass is 10.1. The molecule has 0 aliphatic rings. The number of benzene rings is 2. The van der Waals surface area contributed by atoms with E-state index in [1.54, 1.807) is 24.3 Å². The summed E-state index contributed by atoms with van der Waals surface area (Å²) < 4.78 is 26.4. The van der Waals surface area contributed by atoms with Crippen LogP contribution in [0.5, 0.6) is 0 Å². The van der Waals surface area contributed by atoms with E-state index in [2.05, 4.69) is 10.6 Å². The van der Waals surface area contributed by atoms with Crippen molar-refractivity contribution in [2.45, 2.75) is 13.2 Å². The van der Waals surface area contributed by atoms with Crippen LogP contribution in [-0.2, 0) is 13.2 Å². The van der Waals surface area contributed by atoms with Gasteiger partial charge in [0.05, 0.1) is 12.3 Å². The van der Waals surface area contributed by atoms with Crippen molar-refractivity contribution >= 4 is 11.7 Å². The number of hydrogen-bond donors (Lipinski definition) is 3. The molecular weight excluding hydrogens is 278 g/mol. The summed E-state index contributed by atoms with van der Waals surface area (Å²) in [4.78, 5) is 11.7. The molecule has 3 N–H and O–H groups in total. The van der Waals surface area contributed by atoms with E-state index >= 15 is 0 Å². The molecule has 0 aromatic heterocycles. The van der Waals surface area contributed by atoms with E-state index < -0.39 is 17.7 Å². The Morgan fingerprint density at radius 1 is 1.05 bits per heavy atom. The molecule has 6 heteroatoms. The Balaban J connectivity index is 1.98. The average molecular weight is 292 g/mol. The van der Waals surface area contributed by atoms with Gasteiger partial charge in [-0.15, -0.1) is 0 Å². The van der Waals surface area contributed by atoms with Crippen LogP contribution in [0.3, 0.4) is 0 Å². The molecule has 0 heterocycles. The maximum absolute atomic E-state index is 13.4. The molecule has 0 spiro atoms. The van der Waals surface area contributed by atoms with Crippen LogP contribution in [0.2, 0.25) is 0 Å². The van der Waals surface area contributed by atoms with Crippen molar-refractivity contribution in [1.29, 1.82) is 0 Å². The Morgan fingerprint density at radius 3 is 2.48 bits per heavy atom. The highest BCUT2D eigenvalue weighted by Gasteiger charge is 2.10. The summed E-state index contributed by atoms with van der Waals surface area (Å²) in [7, 11) is 0. The molecule has 21 heavy (non-hydrogen) atoms. The van der Waals surface area contributed by atoms with Crippen LogP contribution in [0.4, 0.5) is 19.3 Å². The number of nitrogens with one attached hydrogen (secondary N) is 2. The number of aliphatic hydroxyl groups excluding tert-OH is 1. The molecule has 110 valence electrons. The molecule has 2 aromatic rings. The van der Waals surface area contributed by atoms with Crippen LogP contribution >= 0.6 is 0 Å². The van der Waals surface area contributed by atoms with Gasteiger partial charge >= 0.3 is 6.03 Å². The summed E-state index contributed by atoms with van der Waals surface area (Å²) in [6.45, 7) is 0.0253. The Kier molecular flexibility index (Phi) is 4.84. The number of anilines is 1. The number of rotatable bonds is 4. The third-order valence-electron chi connectivity index (χ3n) is 2.93. The van der Waals surface area contributed by atoms with Gasteiger partial charge in [-0.25, -0.2) is 13.6 Å². The van der Waals surface area contributed by atoms with E-state index in [9.17, 15) is 13.6 Å². The predicted octanol–water partition coefficient (Wildman–Crippen LogP) is 2.78. The van der Waals surface area contributed by atoms with Crippen molar-refractivity contribution in [1.82, 2.24) is 5.32 Å². The number of hydrogen-bond acceptors (Lipinski definition) is 2. The van der Waals surface area contributed by atoms with Gasteiger partial charge in [0, 0.05) is 6.54 Å². The topological polar surface area (TPSA) is 61.4 Å². The predicted molar refractivity (Wildman–Crippen MR) is 74.6 cm³/mol. The minimum absolute atomic E-state index is 0.141. The molecule has 0 saturated heterocycles. The summed E-state index contributed by atoms with van der Waals surface area (Å²) in [5.74, 6) is -2.14.